The van der Waals surface area contributed by atoms with Crippen LogP contribution in [0.25, 0.3) is 45.0 Å². The van der Waals surface area contributed by atoms with Gasteiger partial charge >= 0.3 is 0 Å². The highest BCUT2D eigenvalue weighted by Crippen LogP contribution is 2.43. The van der Waals surface area contributed by atoms with Crippen molar-refractivity contribution in [3.8, 4) is 45.0 Å². The van der Waals surface area contributed by atoms with E-state index in [2.05, 4.69) is 104 Å². The van der Waals surface area contributed by atoms with Crippen LogP contribution >= 0.6 is 0 Å². The zero-order valence-electron chi connectivity index (χ0n) is 17.9. The van der Waals surface area contributed by atoms with Crippen molar-refractivity contribution in [2.24, 2.45) is 0 Å². The smallest absolute Gasteiger partial charge is 0.160 e. The molecular weight excluding hydrogens is 388 g/mol. The van der Waals surface area contributed by atoms with Crippen molar-refractivity contribution in [1.29, 1.82) is 0 Å². The van der Waals surface area contributed by atoms with Gasteiger partial charge in [-0.05, 0) is 47.7 Å². The van der Waals surface area contributed by atoms with Gasteiger partial charge in [0.2, 0.25) is 0 Å². The molecule has 0 fully saturated rings. The first-order valence-corrected chi connectivity index (χ1v) is 11.0. The number of aromatic nitrogens is 2. The Bertz CT molecular complexity index is 1450. The summed E-state index contributed by atoms with van der Waals surface area (Å²) in [6.45, 7) is 2.10. The van der Waals surface area contributed by atoms with E-state index >= 15 is 0 Å². The summed E-state index contributed by atoms with van der Waals surface area (Å²) in [5.74, 6) is 0.758. The summed E-state index contributed by atoms with van der Waals surface area (Å²) in [6, 6.07) is 36.2. The summed E-state index contributed by atoms with van der Waals surface area (Å²) in [5, 5.41) is 0. The number of hydrogen-bond acceptors (Lipinski definition) is 2. The maximum Gasteiger partial charge on any atom is 0.160 e. The van der Waals surface area contributed by atoms with Crippen LogP contribution < -0.4 is 0 Å². The lowest BCUT2D eigenvalue weighted by atomic mass is 9.96. The Hall–Kier alpha value is -4.04. The van der Waals surface area contributed by atoms with Gasteiger partial charge in [0.25, 0.3) is 0 Å². The van der Waals surface area contributed by atoms with Crippen molar-refractivity contribution < 1.29 is 0 Å². The third kappa shape index (κ3) is 3.21. The van der Waals surface area contributed by atoms with E-state index in [-0.39, 0.29) is 0 Å². The summed E-state index contributed by atoms with van der Waals surface area (Å²) in [6.07, 6.45) is 0.973. The summed E-state index contributed by atoms with van der Waals surface area (Å²) < 4.78 is 0. The molecule has 0 radical (unpaired) electrons. The zero-order valence-corrected chi connectivity index (χ0v) is 17.9. The summed E-state index contributed by atoms with van der Waals surface area (Å²) in [5.41, 5.74) is 11.8. The van der Waals surface area contributed by atoms with Gasteiger partial charge in [-0.2, -0.15) is 0 Å². The highest BCUT2D eigenvalue weighted by Gasteiger charge is 2.22. The lowest BCUT2D eigenvalue weighted by molar-refractivity contribution is 1.18. The Kier molecular flexibility index (Phi) is 4.43. The lowest BCUT2D eigenvalue weighted by Gasteiger charge is -2.13. The molecular formula is C30H22N2. The Morgan fingerprint density at radius 3 is 2.12 bits per heavy atom. The normalized spacial score (nSPS) is 11.8. The van der Waals surface area contributed by atoms with Gasteiger partial charge in [-0.1, -0.05) is 96.6 Å². The van der Waals surface area contributed by atoms with Gasteiger partial charge in [-0.3, -0.25) is 0 Å². The van der Waals surface area contributed by atoms with E-state index in [0.29, 0.717) is 0 Å². The van der Waals surface area contributed by atoms with Crippen molar-refractivity contribution in [1.82, 2.24) is 9.97 Å². The standard InChI is InChI=1S/C30H22N2/c1-20-9-7-14-24(17-20)30-31-27(21-10-3-2-4-11-21)19-28(32-30)26-16-8-13-23-18-22-12-5-6-15-25(22)29(23)26/h2-17,19H,18H2,1H3. The van der Waals surface area contributed by atoms with Crippen LogP contribution in [0.1, 0.15) is 16.7 Å². The number of fused-ring (bicyclic) bond motifs is 3. The molecule has 1 aromatic heterocycles. The highest BCUT2D eigenvalue weighted by molar-refractivity contribution is 5.90. The minimum atomic E-state index is 0.758. The molecule has 0 N–H and O–H groups in total. The van der Waals surface area contributed by atoms with Crippen molar-refractivity contribution in [3.05, 3.63) is 120 Å². The largest absolute Gasteiger partial charge is 0.228 e. The molecule has 2 nitrogen and oxygen atoms in total. The van der Waals surface area contributed by atoms with Crippen molar-refractivity contribution >= 4 is 0 Å². The van der Waals surface area contributed by atoms with Crippen LogP contribution in [0.2, 0.25) is 0 Å². The quantitative estimate of drug-likeness (QED) is 0.305. The molecule has 0 saturated carbocycles. The van der Waals surface area contributed by atoms with Crippen LogP contribution in [0.5, 0.6) is 0 Å². The summed E-state index contributed by atoms with van der Waals surface area (Å²) in [7, 11) is 0. The van der Waals surface area contributed by atoms with Crippen molar-refractivity contribution in [2.45, 2.75) is 13.3 Å². The first kappa shape index (κ1) is 18.7. The molecule has 1 aliphatic rings. The van der Waals surface area contributed by atoms with E-state index in [4.69, 9.17) is 9.97 Å². The zero-order chi connectivity index (χ0) is 21.5. The second kappa shape index (κ2) is 7.58. The van der Waals surface area contributed by atoms with Gasteiger partial charge in [0.1, 0.15) is 0 Å². The second-order valence-corrected chi connectivity index (χ2v) is 8.37. The van der Waals surface area contributed by atoms with Crippen molar-refractivity contribution in [2.75, 3.05) is 0 Å². The molecule has 32 heavy (non-hydrogen) atoms. The average Bonchev–Trinajstić information content (AvgIpc) is 3.23. The van der Waals surface area contributed by atoms with E-state index in [1.54, 1.807) is 0 Å². The first-order chi connectivity index (χ1) is 15.8. The van der Waals surface area contributed by atoms with Gasteiger partial charge in [-0.25, -0.2) is 9.97 Å². The predicted molar refractivity (Wildman–Crippen MR) is 131 cm³/mol. The second-order valence-electron chi connectivity index (χ2n) is 8.37. The van der Waals surface area contributed by atoms with Crippen LogP contribution in [-0.4, -0.2) is 9.97 Å². The van der Waals surface area contributed by atoms with Crippen LogP contribution in [0, 0.1) is 6.92 Å². The molecule has 4 aromatic carbocycles. The number of hydrogen-bond donors (Lipinski definition) is 0. The Labute approximate surface area is 188 Å². The monoisotopic (exact) mass is 410 g/mol. The third-order valence-electron chi connectivity index (χ3n) is 6.17. The molecule has 0 atom stereocenters. The summed E-state index contributed by atoms with van der Waals surface area (Å²) >= 11 is 0. The Morgan fingerprint density at radius 1 is 0.562 bits per heavy atom. The Morgan fingerprint density at radius 2 is 1.25 bits per heavy atom. The van der Waals surface area contributed by atoms with Gasteiger partial charge in [-0.15, -0.1) is 0 Å². The highest BCUT2D eigenvalue weighted by atomic mass is 14.9. The SMILES string of the molecule is Cc1cccc(-c2nc(-c3ccccc3)cc(-c3cccc4c3-c3ccccc3C4)n2)c1. The number of rotatable bonds is 3. The topological polar surface area (TPSA) is 25.8 Å². The molecule has 0 unspecified atom stereocenters. The number of benzene rings is 4. The van der Waals surface area contributed by atoms with Crippen molar-refractivity contribution in [3.63, 3.8) is 0 Å². The molecule has 2 heteroatoms. The first-order valence-electron chi connectivity index (χ1n) is 11.0. The average molecular weight is 411 g/mol. The molecule has 0 bridgehead atoms. The van der Waals surface area contributed by atoms with Gasteiger partial charge in [0.15, 0.2) is 5.82 Å². The lowest BCUT2D eigenvalue weighted by Crippen LogP contribution is -1.97. The van der Waals surface area contributed by atoms with Crippen LogP contribution in [0.3, 0.4) is 0 Å². The van der Waals surface area contributed by atoms with E-state index in [0.717, 1.165) is 34.8 Å². The fourth-order valence-corrected chi connectivity index (χ4v) is 4.66. The minimum absolute atomic E-state index is 0.758. The van der Waals surface area contributed by atoms with Crippen LogP contribution in [0.15, 0.2) is 103 Å². The van der Waals surface area contributed by atoms with Gasteiger partial charge in [0.05, 0.1) is 11.4 Å². The molecule has 0 aliphatic heterocycles. The van der Waals surface area contributed by atoms with Crippen LogP contribution in [0.4, 0.5) is 0 Å². The fraction of sp³-hybridized carbons (Fsp3) is 0.0667. The summed E-state index contributed by atoms with van der Waals surface area (Å²) in [4.78, 5) is 10.0. The third-order valence-corrected chi connectivity index (χ3v) is 6.17. The maximum atomic E-state index is 5.08. The van der Waals surface area contributed by atoms with Gasteiger partial charge in [0, 0.05) is 16.7 Å². The molecule has 152 valence electrons. The number of aryl methyl sites for hydroxylation is 1. The van der Waals surface area contributed by atoms with E-state index < -0.39 is 0 Å². The Balaban J connectivity index is 1.60. The van der Waals surface area contributed by atoms with E-state index in [1.807, 2.05) is 6.07 Å². The molecule has 6 rings (SSSR count). The molecule has 0 spiro atoms. The molecule has 0 amide bonds. The van der Waals surface area contributed by atoms with E-state index in [1.165, 1.54) is 33.4 Å². The molecule has 5 aromatic rings. The van der Waals surface area contributed by atoms with Crippen LogP contribution in [-0.2, 0) is 6.42 Å². The molecule has 1 aliphatic carbocycles. The minimum Gasteiger partial charge on any atom is -0.228 e. The molecule has 0 saturated heterocycles. The predicted octanol–water partition coefficient (Wildman–Crippen LogP) is 7.36. The number of nitrogens with zero attached hydrogens (tertiary/aromatic N) is 2. The van der Waals surface area contributed by atoms with Gasteiger partial charge < -0.3 is 0 Å². The fourth-order valence-electron chi connectivity index (χ4n) is 4.66. The van der Waals surface area contributed by atoms with E-state index in [9.17, 15) is 0 Å². The molecule has 1 heterocycles. The maximum absolute atomic E-state index is 5.08.